The van der Waals surface area contributed by atoms with Crippen molar-refractivity contribution in [2.45, 2.75) is 38.0 Å². The zero-order valence-corrected chi connectivity index (χ0v) is 19.0. The Morgan fingerprint density at radius 2 is 1.79 bits per heavy atom. The molecule has 184 valence electrons. The van der Waals surface area contributed by atoms with Gasteiger partial charge in [-0.05, 0) is 68.7 Å². The Labute approximate surface area is 196 Å². The first kappa shape index (κ1) is 25.7. The normalized spacial score (nSPS) is 15.4. The van der Waals surface area contributed by atoms with Crippen LogP contribution in [-0.4, -0.2) is 64.8 Å². The van der Waals surface area contributed by atoms with Gasteiger partial charge in [-0.2, -0.15) is 13.2 Å². The van der Waals surface area contributed by atoms with Gasteiger partial charge in [0.1, 0.15) is 5.82 Å². The van der Waals surface area contributed by atoms with Crippen LogP contribution in [-0.2, 0) is 17.8 Å². The summed E-state index contributed by atoms with van der Waals surface area (Å²) in [5.41, 5.74) is 3.62. The lowest BCUT2D eigenvalue weighted by Gasteiger charge is -2.36. The Morgan fingerprint density at radius 1 is 1.15 bits per heavy atom. The largest absolute Gasteiger partial charge is 0.490 e. The predicted molar refractivity (Wildman–Crippen MR) is 123 cm³/mol. The number of benzene rings is 2. The number of carbonyl (C=O) groups is 1. The zero-order valence-electron chi connectivity index (χ0n) is 19.0. The van der Waals surface area contributed by atoms with Crippen molar-refractivity contribution in [3.63, 3.8) is 0 Å². The van der Waals surface area contributed by atoms with E-state index in [1.54, 1.807) is 6.07 Å². The first-order valence-corrected chi connectivity index (χ1v) is 11.2. The van der Waals surface area contributed by atoms with E-state index in [2.05, 4.69) is 52.2 Å². The molecule has 2 N–H and O–H groups in total. The summed E-state index contributed by atoms with van der Waals surface area (Å²) in [6, 6.07) is 16.3. The van der Waals surface area contributed by atoms with Crippen molar-refractivity contribution in [2.24, 2.45) is 0 Å². The van der Waals surface area contributed by atoms with Crippen LogP contribution in [0.1, 0.15) is 24.0 Å². The number of piperidine rings is 1. The lowest BCUT2D eigenvalue weighted by atomic mass is 10.0. The SMILES string of the molecule is CN(Cc1ccccc1)C1CCN(CCc2c[nH]c3ccc(F)cc23)CC1.O=C(O)C(F)(F)F. The number of nitrogens with one attached hydrogen (secondary N) is 1. The molecular formula is C25H29F4N3O2. The third kappa shape index (κ3) is 7.30. The number of hydrogen-bond donors (Lipinski definition) is 2. The van der Waals surface area contributed by atoms with E-state index in [1.807, 2.05) is 12.3 Å². The Bertz CT molecular complexity index is 1060. The lowest BCUT2D eigenvalue weighted by Crippen LogP contribution is -2.43. The van der Waals surface area contributed by atoms with E-state index in [0.717, 1.165) is 43.5 Å². The number of likely N-dealkylation sites (tertiary alicyclic amines) is 1. The van der Waals surface area contributed by atoms with Crippen LogP contribution in [0.15, 0.2) is 54.7 Å². The number of aromatic amines is 1. The van der Waals surface area contributed by atoms with Crippen LogP contribution in [0.25, 0.3) is 10.9 Å². The number of aliphatic carboxylic acids is 1. The minimum atomic E-state index is -5.08. The fourth-order valence-corrected chi connectivity index (χ4v) is 4.22. The molecule has 1 fully saturated rings. The molecule has 0 atom stereocenters. The highest BCUT2D eigenvalue weighted by Crippen LogP contribution is 2.22. The van der Waals surface area contributed by atoms with Gasteiger partial charge in [0, 0.05) is 36.2 Å². The van der Waals surface area contributed by atoms with Gasteiger partial charge >= 0.3 is 12.1 Å². The highest BCUT2D eigenvalue weighted by atomic mass is 19.4. The molecule has 4 rings (SSSR count). The standard InChI is InChI=1S/C23H28FN3.C2HF3O2/c1-26(17-18-5-3-2-4-6-18)21-10-13-27(14-11-21)12-9-19-16-25-23-8-7-20(24)15-22(19)23;3-2(4,5)1(6)7/h2-8,15-16,21,25H,9-14,17H2,1H3;(H,6,7). The number of aromatic nitrogens is 1. The molecule has 0 radical (unpaired) electrons. The summed E-state index contributed by atoms with van der Waals surface area (Å²) in [6.45, 7) is 4.34. The molecular weight excluding hydrogens is 450 g/mol. The van der Waals surface area contributed by atoms with Gasteiger partial charge in [0.05, 0.1) is 0 Å². The second kappa shape index (κ2) is 11.5. The summed E-state index contributed by atoms with van der Waals surface area (Å²) in [7, 11) is 2.24. The van der Waals surface area contributed by atoms with E-state index in [0.29, 0.717) is 6.04 Å². The molecule has 1 aliphatic heterocycles. The van der Waals surface area contributed by atoms with Crippen LogP contribution >= 0.6 is 0 Å². The van der Waals surface area contributed by atoms with Crippen LogP contribution in [0, 0.1) is 5.82 Å². The van der Waals surface area contributed by atoms with Crippen LogP contribution in [0.4, 0.5) is 17.6 Å². The molecule has 34 heavy (non-hydrogen) atoms. The first-order chi connectivity index (χ1) is 16.1. The van der Waals surface area contributed by atoms with Crippen LogP contribution in [0.5, 0.6) is 0 Å². The Hall–Kier alpha value is -2.91. The molecule has 5 nitrogen and oxygen atoms in total. The van der Waals surface area contributed by atoms with Crippen molar-refractivity contribution in [3.8, 4) is 0 Å². The quantitative estimate of drug-likeness (QED) is 0.484. The Balaban J connectivity index is 0.000000406. The average Bonchev–Trinajstić information content (AvgIpc) is 3.20. The molecule has 0 spiro atoms. The number of carboxylic acids is 1. The van der Waals surface area contributed by atoms with E-state index in [1.165, 1.54) is 30.0 Å². The van der Waals surface area contributed by atoms with Crippen molar-refractivity contribution in [2.75, 3.05) is 26.7 Å². The highest BCUT2D eigenvalue weighted by Gasteiger charge is 2.38. The summed E-state index contributed by atoms with van der Waals surface area (Å²) in [5.74, 6) is -2.92. The van der Waals surface area contributed by atoms with Crippen molar-refractivity contribution in [1.82, 2.24) is 14.8 Å². The van der Waals surface area contributed by atoms with Gasteiger partial charge in [-0.15, -0.1) is 0 Å². The molecule has 3 aromatic rings. The van der Waals surface area contributed by atoms with E-state index in [9.17, 15) is 17.6 Å². The third-order valence-corrected chi connectivity index (χ3v) is 6.12. The van der Waals surface area contributed by atoms with E-state index in [-0.39, 0.29) is 5.82 Å². The molecule has 1 aromatic heterocycles. The molecule has 0 aliphatic carbocycles. The lowest BCUT2D eigenvalue weighted by molar-refractivity contribution is -0.192. The van der Waals surface area contributed by atoms with Crippen molar-refractivity contribution < 1.29 is 27.5 Å². The minimum absolute atomic E-state index is 0.161. The number of hydrogen-bond acceptors (Lipinski definition) is 3. The van der Waals surface area contributed by atoms with E-state index in [4.69, 9.17) is 9.90 Å². The topological polar surface area (TPSA) is 59.6 Å². The number of H-pyrrole nitrogens is 1. The van der Waals surface area contributed by atoms with Gasteiger partial charge in [-0.1, -0.05) is 30.3 Å². The summed E-state index contributed by atoms with van der Waals surface area (Å²) in [5, 5.41) is 8.15. The molecule has 1 saturated heterocycles. The molecule has 2 heterocycles. The molecule has 9 heteroatoms. The van der Waals surface area contributed by atoms with Crippen LogP contribution in [0.3, 0.4) is 0 Å². The van der Waals surface area contributed by atoms with Gasteiger partial charge in [0.25, 0.3) is 0 Å². The zero-order chi connectivity index (χ0) is 24.7. The van der Waals surface area contributed by atoms with Gasteiger partial charge in [-0.25, -0.2) is 9.18 Å². The van der Waals surface area contributed by atoms with E-state index >= 15 is 0 Å². The fraction of sp³-hybridized carbons (Fsp3) is 0.400. The monoisotopic (exact) mass is 479 g/mol. The van der Waals surface area contributed by atoms with Gasteiger partial charge in [-0.3, -0.25) is 4.90 Å². The Morgan fingerprint density at radius 3 is 2.41 bits per heavy atom. The third-order valence-electron chi connectivity index (χ3n) is 6.12. The molecule has 1 aliphatic rings. The van der Waals surface area contributed by atoms with Crippen molar-refractivity contribution in [1.29, 1.82) is 0 Å². The summed E-state index contributed by atoms with van der Waals surface area (Å²) < 4.78 is 45.3. The number of halogens is 4. The molecule has 0 saturated carbocycles. The smallest absolute Gasteiger partial charge is 0.475 e. The van der Waals surface area contributed by atoms with Crippen LogP contribution < -0.4 is 0 Å². The minimum Gasteiger partial charge on any atom is -0.475 e. The molecule has 2 aromatic carbocycles. The first-order valence-electron chi connectivity index (χ1n) is 11.2. The maximum Gasteiger partial charge on any atom is 0.490 e. The Kier molecular flexibility index (Phi) is 8.68. The van der Waals surface area contributed by atoms with Gasteiger partial charge < -0.3 is 15.0 Å². The molecule has 0 amide bonds. The number of nitrogens with zero attached hydrogens (tertiary/aromatic N) is 2. The predicted octanol–water partition coefficient (Wildman–Crippen LogP) is 5.08. The maximum absolute atomic E-state index is 13.5. The maximum atomic E-state index is 13.5. The van der Waals surface area contributed by atoms with Crippen molar-refractivity contribution >= 4 is 16.9 Å². The number of fused-ring (bicyclic) bond motifs is 1. The fourth-order valence-electron chi connectivity index (χ4n) is 4.22. The summed E-state index contributed by atoms with van der Waals surface area (Å²) in [4.78, 5) is 17.2. The average molecular weight is 480 g/mol. The molecule has 0 bridgehead atoms. The van der Waals surface area contributed by atoms with Crippen molar-refractivity contribution in [3.05, 3.63) is 71.7 Å². The summed E-state index contributed by atoms with van der Waals surface area (Å²) in [6.07, 6.45) is 0.343. The van der Waals surface area contributed by atoms with Gasteiger partial charge in [0.15, 0.2) is 0 Å². The molecule has 0 unspecified atom stereocenters. The number of alkyl halides is 3. The number of carboxylic acid groups (broad SMARTS) is 1. The highest BCUT2D eigenvalue weighted by molar-refractivity contribution is 5.83. The van der Waals surface area contributed by atoms with Crippen LogP contribution in [0.2, 0.25) is 0 Å². The summed E-state index contributed by atoms with van der Waals surface area (Å²) >= 11 is 0. The second-order valence-corrected chi connectivity index (χ2v) is 8.53. The number of rotatable bonds is 6. The van der Waals surface area contributed by atoms with E-state index < -0.39 is 12.1 Å². The van der Waals surface area contributed by atoms with Gasteiger partial charge in [0.2, 0.25) is 0 Å². The second-order valence-electron chi connectivity index (χ2n) is 8.53.